The summed E-state index contributed by atoms with van der Waals surface area (Å²) in [7, 11) is -3.63. The molecule has 1 amide bonds. The summed E-state index contributed by atoms with van der Waals surface area (Å²) >= 11 is 0.978. The van der Waals surface area contributed by atoms with E-state index in [1.54, 1.807) is 27.7 Å². The Morgan fingerprint density at radius 1 is 1.30 bits per heavy atom. The van der Waals surface area contributed by atoms with Gasteiger partial charge >= 0.3 is 5.97 Å². The van der Waals surface area contributed by atoms with Gasteiger partial charge < -0.3 is 10.4 Å². The van der Waals surface area contributed by atoms with Crippen LogP contribution in [0.25, 0.3) is 0 Å². The molecule has 0 aliphatic heterocycles. The predicted octanol–water partition coefficient (Wildman–Crippen LogP) is 1.62. The molecule has 0 bridgehead atoms. The zero-order valence-corrected chi connectivity index (χ0v) is 15.2. The van der Waals surface area contributed by atoms with Crippen molar-refractivity contribution in [3.63, 3.8) is 0 Å². The first-order valence-corrected chi connectivity index (χ1v) is 9.59. The number of carbonyl (C=O) groups excluding carboxylic acids is 1. The summed E-state index contributed by atoms with van der Waals surface area (Å²) < 4.78 is 26.0. The predicted molar refractivity (Wildman–Crippen MR) is 88.2 cm³/mol. The molecule has 130 valence electrons. The van der Waals surface area contributed by atoms with Gasteiger partial charge in [0.1, 0.15) is 6.04 Å². The van der Waals surface area contributed by atoms with Crippen molar-refractivity contribution >= 4 is 33.2 Å². The SMILES string of the molecule is CCN(CC)S(=O)(=O)c1csc(C(=O)NC(C(=O)O)C(C)C)c1. The van der Waals surface area contributed by atoms with Crippen LogP contribution in [-0.4, -0.2) is 48.8 Å². The van der Waals surface area contributed by atoms with E-state index in [0.717, 1.165) is 11.3 Å². The third-order valence-corrected chi connectivity index (χ3v) is 6.47. The fourth-order valence-electron chi connectivity index (χ4n) is 2.01. The molecule has 0 aliphatic carbocycles. The molecule has 9 heteroatoms. The molecule has 0 radical (unpaired) electrons. The molecule has 2 N–H and O–H groups in total. The van der Waals surface area contributed by atoms with Crippen molar-refractivity contribution in [2.75, 3.05) is 13.1 Å². The average molecular weight is 362 g/mol. The van der Waals surface area contributed by atoms with E-state index >= 15 is 0 Å². The molecule has 1 heterocycles. The molecule has 0 aliphatic rings. The van der Waals surface area contributed by atoms with Gasteiger partial charge in [-0.25, -0.2) is 13.2 Å². The lowest BCUT2D eigenvalue weighted by Gasteiger charge is -2.17. The number of carbonyl (C=O) groups is 2. The molecule has 0 fully saturated rings. The summed E-state index contributed by atoms with van der Waals surface area (Å²) in [6, 6.07) is 0.264. The molecule has 0 saturated heterocycles. The molecular weight excluding hydrogens is 340 g/mol. The second-order valence-electron chi connectivity index (χ2n) is 5.27. The molecule has 1 unspecified atom stereocenters. The maximum absolute atomic E-state index is 12.4. The standard InChI is InChI=1S/C14H22N2O5S2/c1-5-16(6-2)23(20,21)10-7-11(22-8-10)13(17)15-12(9(3)4)14(18)19/h7-9,12H,5-6H2,1-4H3,(H,15,17)(H,18,19). The molecule has 1 rings (SSSR count). The summed E-state index contributed by atoms with van der Waals surface area (Å²) in [5.41, 5.74) is 0. The fourth-order valence-corrected chi connectivity index (χ4v) is 4.63. The van der Waals surface area contributed by atoms with Crippen LogP contribution in [0.4, 0.5) is 0 Å². The number of carboxylic acids is 1. The van der Waals surface area contributed by atoms with E-state index in [4.69, 9.17) is 5.11 Å². The Balaban J connectivity index is 3.00. The third kappa shape index (κ3) is 4.52. The number of amides is 1. The van der Waals surface area contributed by atoms with Crippen LogP contribution in [0.2, 0.25) is 0 Å². The summed E-state index contributed by atoms with van der Waals surface area (Å²) in [6.07, 6.45) is 0. The van der Waals surface area contributed by atoms with Gasteiger partial charge in [-0.3, -0.25) is 4.79 Å². The lowest BCUT2D eigenvalue weighted by Crippen LogP contribution is -2.44. The number of rotatable bonds is 8. The largest absolute Gasteiger partial charge is 0.480 e. The van der Waals surface area contributed by atoms with Crippen LogP contribution in [0.3, 0.4) is 0 Å². The highest BCUT2D eigenvalue weighted by molar-refractivity contribution is 7.89. The van der Waals surface area contributed by atoms with Crippen LogP contribution in [0.15, 0.2) is 16.3 Å². The number of hydrogen-bond donors (Lipinski definition) is 2. The Morgan fingerprint density at radius 2 is 1.87 bits per heavy atom. The van der Waals surface area contributed by atoms with Crippen molar-refractivity contribution in [1.29, 1.82) is 0 Å². The Bertz CT molecular complexity index is 662. The number of sulfonamides is 1. The van der Waals surface area contributed by atoms with E-state index in [2.05, 4.69) is 5.32 Å². The minimum absolute atomic E-state index is 0.0489. The first kappa shape index (κ1) is 19.6. The third-order valence-electron chi connectivity index (χ3n) is 3.36. The number of thiophene rings is 1. The number of nitrogens with one attached hydrogen (secondary N) is 1. The van der Waals surface area contributed by atoms with Crippen LogP contribution in [-0.2, 0) is 14.8 Å². The topological polar surface area (TPSA) is 104 Å². The lowest BCUT2D eigenvalue weighted by molar-refractivity contribution is -0.140. The Morgan fingerprint density at radius 3 is 2.30 bits per heavy atom. The van der Waals surface area contributed by atoms with Crippen molar-refractivity contribution in [2.24, 2.45) is 5.92 Å². The highest BCUT2D eigenvalue weighted by Crippen LogP contribution is 2.23. The normalized spacial score (nSPS) is 13.3. The lowest BCUT2D eigenvalue weighted by atomic mass is 10.0. The highest BCUT2D eigenvalue weighted by Gasteiger charge is 2.27. The zero-order chi connectivity index (χ0) is 17.8. The quantitative estimate of drug-likeness (QED) is 0.731. The first-order chi connectivity index (χ1) is 10.6. The Kier molecular flexibility index (Phi) is 6.72. The molecule has 23 heavy (non-hydrogen) atoms. The van der Waals surface area contributed by atoms with E-state index in [-0.39, 0.29) is 15.7 Å². The molecule has 0 saturated carbocycles. The number of nitrogens with zero attached hydrogens (tertiary/aromatic N) is 1. The van der Waals surface area contributed by atoms with Gasteiger partial charge in [-0.05, 0) is 12.0 Å². The Hall–Kier alpha value is -1.45. The van der Waals surface area contributed by atoms with Crippen LogP contribution < -0.4 is 5.32 Å². The first-order valence-electron chi connectivity index (χ1n) is 7.27. The molecule has 0 spiro atoms. The van der Waals surface area contributed by atoms with E-state index in [0.29, 0.717) is 13.1 Å². The van der Waals surface area contributed by atoms with Crippen LogP contribution >= 0.6 is 11.3 Å². The smallest absolute Gasteiger partial charge is 0.326 e. The van der Waals surface area contributed by atoms with Crippen LogP contribution in [0, 0.1) is 5.92 Å². The molecule has 1 aromatic heterocycles. The highest BCUT2D eigenvalue weighted by atomic mass is 32.2. The van der Waals surface area contributed by atoms with Gasteiger partial charge in [-0.2, -0.15) is 4.31 Å². The van der Waals surface area contributed by atoms with Gasteiger partial charge in [-0.15, -0.1) is 11.3 Å². The van der Waals surface area contributed by atoms with Gasteiger partial charge in [-0.1, -0.05) is 27.7 Å². The molecule has 7 nitrogen and oxygen atoms in total. The summed E-state index contributed by atoms with van der Waals surface area (Å²) in [4.78, 5) is 23.5. The van der Waals surface area contributed by atoms with Gasteiger partial charge in [0.05, 0.1) is 9.77 Å². The van der Waals surface area contributed by atoms with Crippen molar-refractivity contribution in [2.45, 2.75) is 38.6 Å². The second-order valence-corrected chi connectivity index (χ2v) is 8.12. The van der Waals surface area contributed by atoms with Gasteiger partial charge in [0.2, 0.25) is 10.0 Å². The van der Waals surface area contributed by atoms with Crippen LogP contribution in [0.1, 0.15) is 37.4 Å². The van der Waals surface area contributed by atoms with Crippen molar-refractivity contribution in [1.82, 2.24) is 9.62 Å². The van der Waals surface area contributed by atoms with E-state index < -0.39 is 27.9 Å². The van der Waals surface area contributed by atoms with Gasteiger partial charge in [0, 0.05) is 18.5 Å². The Labute approximate surface area is 140 Å². The molecule has 1 aromatic rings. The second kappa shape index (κ2) is 7.89. The summed E-state index contributed by atoms with van der Waals surface area (Å²) in [5.74, 6) is -1.99. The molecule has 1 atom stereocenters. The van der Waals surface area contributed by atoms with Gasteiger partial charge in [0.15, 0.2) is 0 Å². The zero-order valence-electron chi connectivity index (χ0n) is 13.6. The monoisotopic (exact) mass is 362 g/mol. The van der Waals surface area contributed by atoms with Crippen molar-refractivity contribution in [3.05, 3.63) is 16.3 Å². The number of carboxylic acid groups (broad SMARTS) is 1. The maximum atomic E-state index is 12.4. The summed E-state index contributed by atoms with van der Waals surface area (Å²) in [6.45, 7) is 7.52. The number of hydrogen-bond acceptors (Lipinski definition) is 5. The minimum atomic E-state index is -3.63. The maximum Gasteiger partial charge on any atom is 0.326 e. The van der Waals surface area contributed by atoms with Gasteiger partial charge in [0.25, 0.3) is 5.91 Å². The minimum Gasteiger partial charge on any atom is -0.480 e. The fraction of sp³-hybridized carbons (Fsp3) is 0.571. The van der Waals surface area contributed by atoms with E-state index in [1.165, 1.54) is 15.8 Å². The van der Waals surface area contributed by atoms with Crippen LogP contribution in [0.5, 0.6) is 0 Å². The number of aliphatic carboxylic acids is 1. The summed E-state index contributed by atoms with van der Waals surface area (Å²) in [5, 5.41) is 12.9. The van der Waals surface area contributed by atoms with Crippen molar-refractivity contribution in [3.8, 4) is 0 Å². The van der Waals surface area contributed by atoms with E-state index in [9.17, 15) is 18.0 Å². The molecular formula is C14H22N2O5S2. The molecule has 0 aromatic carbocycles. The average Bonchev–Trinajstić information content (AvgIpc) is 2.95. The van der Waals surface area contributed by atoms with Crippen molar-refractivity contribution < 1.29 is 23.1 Å². The van der Waals surface area contributed by atoms with E-state index in [1.807, 2.05) is 0 Å².